The molecule has 0 atom stereocenters. The number of ether oxygens (including phenoxy) is 3. The molecular weight excluding hydrogens is 430 g/mol. The van der Waals surface area contributed by atoms with Gasteiger partial charge < -0.3 is 19.5 Å². The van der Waals surface area contributed by atoms with Gasteiger partial charge in [-0.25, -0.2) is 14.3 Å². The molecule has 2 aromatic rings. The molecule has 0 radical (unpaired) electrons. The van der Waals surface area contributed by atoms with Gasteiger partial charge in [-0.3, -0.25) is 0 Å². The molecule has 30 heavy (non-hydrogen) atoms. The molecule has 0 unspecified atom stereocenters. The molecule has 11 nitrogen and oxygen atoms in total. The number of benzene rings is 1. The van der Waals surface area contributed by atoms with Crippen molar-refractivity contribution in [1.82, 2.24) is 14.5 Å². The summed E-state index contributed by atoms with van der Waals surface area (Å²) in [4.78, 5) is 24.1. The SMILES string of the molecule is CCOC(=O)c1cnn(C(F)F)c1S(=O)(=O)NC(=O)Nc1cc(OC)cc(OC)c1. The number of anilines is 1. The minimum absolute atomic E-state index is 0.0897. The Hall–Kier alpha value is -3.42. The van der Waals surface area contributed by atoms with Crippen LogP contribution in [0.25, 0.3) is 0 Å². The number of nitrogens with zero attached hydrogens (tertiary/aromatic N) is 2. The highest BCUT2D eigenvalue weighted by Gasteiger charge is 2.33. The number of halogens is 2. The summed E-state index contributed by atoms with van der Waals surface area (Å²) in [7, 11) is -2.21. The molecule has 2 rings (SSSR count). The lowest BCUT2D eigenvalue weighted by atomic mass is 10.3. The Morgan fingerprint density at radius 1 is 1.17 bits per heavy atom. The number of sulfonamides is 1. The number of urea groups is 1. The maximum atomic E-state index is 13.2. The fraction of sp³-hybridized carbons (Fsp3) is 0.312. The number of alkyl halides is 2. The van der Waals surface area contributed by atoms with Crippen molar-refractivity contribution in [2.75, 3.05) is 26.1 Å². The Kier molecular flexibility index (Phi) is 7.15. The summed E-state index contributed by atoms with van der Waals surface area (Å²) < 4.78 is 67.6. The van der Waals surface area contributed by atoms with Gasteiger partial charge in [-0.2, -0.15) is 27.0 Å². The lowest BCUT2D eigenvalue weighted by Gasteiger charge is -2.13. The minimum Gasteiger partial charge on any atom is -0.497 e. The highest BCUT2D eigenvalue weighted by Crippen LogP contribution is 2.26. The van der Waals surface area contributed by atoms with Crippen molar-refractivity contribution in [2.45, 2.75) is 18.5 Å². The number of amides is 2. The second kappa shape index (κ2) is 9.39. The van der Waals surface area contributed by atoms with E-state index in [0.29, 0.717) is 17.7 Å². The van der Waals surface area contributed by atoms with E-state index in [1.165, 1.54) is 39.3 Å². The molecule has 0 saturated carbocycles. The Bertz CT molecular complexity index is 1020. The molecule has 0 aliphatic carbocycles. The first-order valence-electron chi connectivity index (χ1n) is 8.22. The number of aromatic nitrogens is 2. The van der Waals surface area contributed by atoms with Crippen LogP contribution in [0.4, 0.5) is 19.3 Å². The van der Waals surface area contributed by atoms with Gasteiger partial charge in [0.25, 0.3) is 10.0 Å². The summed E-state index contributed by atoms with van der Waals surface area (Å²) in [6.07, 6.45) is 0.615. The average Bonchev–Trinajstić information content (AvgIpc) is 3.14. The summed E-state index contributed by atoms with van der Waals surface area (Å²) in [5.74, 6) is -0.594. The molecule has 0 bridgehead atoms. The normalized spacial score (nSPS) is 11.1. The Morgan fingerprint density at radius 2 is 1.77 bits per heavy atom. The van der Waals surface area contributed by atoms with E-state index < -0.39 is 39.2 Å². The number of esters is 1. The Morgan fingerprint density at radius 3 is 2.27 bits per heavy atom. The van der Waals surface area contributed by atoms with Crippen molar-refractivity contribution in [2.24, 2.45) is 0 Å². The summed E-state index contributed by atoms with van der Waals surface area (Å²) in [6.45, 7) is -2.09. The predicted molar refractivity (Wildman–Crippen MR) is 98.3 cm³/mol. The van der Waals surface area contributed by atoms with Crippen LogP contribution < -0.4 is 19.5 Å². The van der Waals surface area contributed by atoms with Crippen molar-refractivity contribution in [3.63, 3.8) is 0 Å². The van der Waals surface area contributed by atoms with E-state index in [9.17, 15) is 26.8 Å². The van der Waals surface area contributed by atoms with Crippen LogP contribution in [0, 0.1) is 0 Å². The van der Waals surface area contributed by atoms with Crippen molar-refractivity contribution in [3.05, 3.63) is 30.0 Å². The number of rotatable bonds is 8. The van der Waals surface area contributed by atoms with Gasteiger partial charge in [0.05, 0.1) is 27.0 Å². The predicted octanol–water partition coefficient (Wildman–Crippen LogP) is 1.98. The summed E-state index contributed by atoms with van der Waals surface area (Å²) >= 11 is 0. The molecule has 2 amide bonds. The molecular formula is C16H18F2N4O7S. The monoisotopic (exact) mass is 448 g/mol. The van der Waals surface area contributed by atoms with Crippen LogP contribution in [0.2, 0.25) is 0 Å². The van der Waals surface area contributed by atoms with Crippen molar-refractivity contribution < 1.29 is 41.0 Å². The van der Waals surface area contributed by atoms with E-state index >= 15 is 0 Å². The van der Waals surface area contributed by atoms with Crippen molar-refractivity contribution in [1.29, 1.82) is 0 Å². The van der Waals surface area contributed by atoms with E-state index in [2.05, 4.69) is 15.2 Å². The van der Waals surface area contributed by atoms with Crippen LogP contribution in [0.15, 0.2) is 29.4 Å². The quantitative estimate of drug-likeness (QED) is 0.585. The first kappa shape index (κ1) is 22.9. The molecule has 1 aromatic carbocycles. The van der Waals surface area contributed by atoms with Crippen LogP contribution in [0.1, 0.15) is 23.8 Å². The van der Waals surface area contributed by atoms with E-state index in [0.717, 1.165) is 0 Å². The number of hydrogen-bond acceptors (Lipinski definition) is 8. The maximum absolute atomic E-state index is 13.2. The lowest BCUT2D eigenvalue weighted by molar-refractivity contribution is 0.0443. The largest absolute Gasteiger partial charge is 0.497 e. The van der Waals surface area contributed by atoms with E-state index in [1.54, 1.807) is 4.72 Å². The second-order valence-corrected chi connectivity index (χ2v) is 7.06. The van der Waals surface area contributed by atoms with Gasteiger partial charge in [-0.1, -0.05) is 0 Å². The van der Waals surface area contributed by atoms with Gasteiger partial charge in [-0.05, 0) is 6.92 Å². The Balaban J connectivity index is 2.33. The van der Waals surface area contributed by atoms with Gasteiger partial charge >= 0.3 is 18.5 Å². The second-order valence-electron chi connectivity index (χ2n) is 5.47. The molecule has 2 N–H and O–H groups in total. The van der Waals surface area contributed by atoms with Crippen molar-refractivity contribution in [3.8, 4) is 11.5 Å². The van der Waals surface area contributed by atoms with E-state index in [1.807, 2.05) is 0 Å². The third-order valence-corrected chi connectivity index (χ3v) is 4.89. The fourth-order valence-corrected chi connectivity index (χ4v) is 3.50. The van der Waals surface area contributed by atoms with E-state index in [4.69, 9.17) is 9.47 Å². The highest BCUT2D eigenvalue weighted by molar-refractivity contribution is 7.90. The van der Waals surface area contributed by atoms with Crippen molar-refractivity contribution >= 4 is 27.7 Å². The summed E-state index contributed by atoms with van der Waals surface area (Å²) in [5, 5.41) is 4.20. The molecule has 0 aliphatic heterocycles. The summed E-state index contributed by atoms with van der Waals surface area (Å²) in [5.41, 5.74) is -0.660. The first-order valence-corrected chi connectivity index (χ1v) is 9.70. The summed E-state index contributed by atoms with van der Waals surface area (Å²) in [6, 6.07) is 2.94. The van der Waals surface area contributed by atoms with Crippen LogP contribution in [-0.4, -0.2) is 51.0 Å². The zero-order valence-electron chi connectivity index (χ0n) is 16.0. The molecule has 0 spiro atoms. The van der Waals surface area contributed by atoms with Crippen LogP contribution in [-0.2, 0) is 14.8 Å². The van der Waals surface area contributed by atoms with Crippen LogP contribution in [0.5, 0.6) is 11.5 Å². The van der Waals surface area contributed by atoms with Gasteiger partial charge in [-0.15, -0.1) is 0 Å². The zero-order chi connectivity index (χ0) is 22.5. The molecule has 14 heteroatoms. The third kappa shape index (κ3) is 5.14. The molecule has 164 valence electrons. The number of nitrogens with one attached hydrogen (secondary N) is 2. The number of carbonyl (C=O) groups excluding carboxylic acids is 2. The molecule has 1 heterocycles. The lowest BCUT2D eigenvalue weighted by Crippen LogP contribution is -2.36. The average molecular weight is 448 g/mol. The smallest absolute Gasteiger partial charge is 0.342 e. The standard InChI is InChI=1S/C16H18F2N4O7S/c1-4-29-14(23)12-8-19-22(15(17)18)13(12)30(25,26)21-16(24)20-9-5-10(27-2)7-11(6-9)28-3/h5-8,15H,4H2,1-3H3,(H2,20,21,24). The molecule has 0 aliphatic rings. The maximum Gasteiger partial charge on any atom is 0.342 e. The minimum atomic E-state index is -4.94. The number of methoxy groups -OCH3 is 2. The van der Waals surface area contributed by atoms with Gasteiger partial charge in [0, 0.05) is 23.9 Å². The fourth-order valence-electron chi connectivity index (χ4n) is 2.31. The zero-order valence-corrected chi connectivity index (χ0v) is 16.8. The molecule has 0 saturated heterocycles. The number of hydrogen-bond donors (Lipinski definition) is 2. The van der Waals surface area contributed by atoms with Crippen LogP contribution in [0.3, 0.4) is 0 Å². The topological polar surface area (TPSA) is 138 Å². The molecule has 1 aromatic heterocycles. The van der Waals surface area contributed by atoms with Gasteiger partial charge in [0.1, 0.15) is 17.1 Å². The van der Waals surface area contributed by atoms with Crippen LogP contribution >= 0.6 is 0 Å². The third-order valence-electron chi connectivity index (χ3n) is 3.52. The number of carbonyl (C=O) groups is 2. The van der Waals surface area contributed by atoms with Gasteiger partial charge in [0.15, 0.2) is 5.03 Å². The van der Waals surface area contributed by atoms with Gasteiger partial charge in [0.2, 0.25) is 0 Å². The Labute approximate surface area is 170 Å². The molecule has 0 fully saturated rings. The highest BCUT2D eigenvalue weighted by atomic mass is 32.2. The first-order chi connectivity index (χ1) is 14.1. The van der Waals surface area contributed by atoms with E-state index in [-0.39, 0.29) is 17.0 Å².